The van der Waals surface area contributed by atoms with Crippen LogP contribution in [0.1, 0.15) is 51.8 Å². The van der Waals surface area contributed by atoms with E-state index in [1.165, 1.54) is 6.20 Å². The molecule has 1 aromatic carbocycles. The summed E-state index contributed by atoms with van der Waals surface area (Å²) >= 11 is 0. The second-order valence-corrected chi connectivity index (χ2v) is 7.54. The molecule has 138 valence electrons. The van der Waals surface area contributed by atoms with Gasteiger partial charge >= 0.3 is 5.97 Å². The van der Waals surface area contributed by atoms with Crippen LogP contribution in [0.2, 0.25) is 0 Å². The summed E-state index contributed by atoms with van der Waals surface area (Å²) < 4.78 is 2.01. The van der Waals surface area contributed by atoms with Crippen LogP contribution < -0.4 is 5.43 Å². The summed E-state index contributed by atoms with van der Waals surface area (Å²) in [4.78, 5) is 28.9. The van der Waals surface area contributed by atoms with Crippen LogP contribution in [-0.4, -0.2) is 20.6 Å². The van der Waals surface area contributed by atoms with Gasteiger partial charge in [-0.2, -0.15) is 0 Å². The average molecular weight is 362 g/mol. The van der Waals surface area contributed by atoms with E-state index in [-0.39, 0.29) is 11.6 Å². The van der Waals surface area contributed by atoms with E-state index in [0.29, 0.717) is 5.39 Å². The second-order valence-electron chi connectivity index (χ2n) is 7.54. The maximum absolute atomic E-state index is 12.9. The normalized spacial score (nSPS) is 13.9. The average Bonchev–Trinajstić information content (AvgIpc) is 3.41. The fourth-order valence-electron chi connectivity index (χ4n) is 3.99. The number of carboxylic acid groups (broad SMARTS) is 1. The number of hydrogen-bond acceptors (Lipinski definition) is 3. The van der Waals surface area contributed by atoms with Crippen LogP contribution in [0.5, 0.6) is 0 Å². The molecular formula is C22H22N2O3. The zero-order chi connectivity index (χ0) is 19.5. The van der Waals surface area contributed by atoms with Gasteiger partial charge in [-0.05, 0) is 74.9 Å². The minimum Gasteiger partial charge on any atom is -0.477 e. The molecule has 0 bridgehead atoms. The van der Waals surface area contributed by atoms with Gasteiger partial charge in [-0.3, -0.25) is 9.78 Å². The van der Waals surface area contributed by atoms with E-state index in [1.54, 1.807) is 0 Å². The van der Waals surface area contributed by atoms with Crippen molar-refractivity contribution in [2.75, 3.05) is 0 Å². The Morgan fingerprint density at radius 2 is 1.74 bits per heavy atom. The van der Waals surface area contributed by atoms with Crippen molar-refractivity contribution < 1.29 is 9.90 Å². The lowest BCUT2D eigenvalue weighted by Gasteiger charge is -2.19. The molecule has 1 N–H and O–H groups in total. The van der Waals surface area contributed by atoms with Gasteiger partial charge in [-0.1, -0.05) is 6.07 Å². The molecule has 1 fully saturated rings. The third-order valence-electron chi connectivity index (χ3n) is 5.31. The summed E-state index contributed by atoms with van der Waals surface area (Å²) in [6, 6.07) is 6.36. The van der Waals surface area contributed by atoms with E-state index in [0.717, 1.165) is 52.0 Å². The van der Waals surface area contributed by atoms with Gasteiger partial charge in [-0.25, -0.2) is 4.79 Å². The van der Waals surface area contributed by atoms with E-state index in [4.69, 9.17) is 0 Å². The number of aryl methyl sites for hydroxylation is 4. The molecule has 0 unspecified atom stereocenters. The molecule has 5 nitrogen and oxygen atoms in total. The number of rotatable bonds is 3. The Kier molecular flexibility index (Phi) is 3.91. The van der Waals surface area contributed by atoms with Crippen molar-refractivity contribution in [2.24, 2.45) is 0 Å². The molecule has 0 spiro atoms. The number of pyridine rings is 2. The quantitative estimate of drug-likeness (QED) is 0.753. The van der Waals surface area contributed by atoms with Crippen LogP contribution >= 0.6 is 0 Å². The van der Waals surface area contributed by atoms with Gasteiger partial charge < -0.3 is 9.67 Å². The summed E-state index contributed by atoms with van der Waals surface area (Å²) in [5.74, 6) is -1.17. The highest BCUT2D eigenvalue weighted by atomic mass is 16.4. The molecule has 1 aliphatic carbocycles. The van der Waals surface area contributed by atoms with E-state index < -0.39 is 11.4 Å². The lowest BCUT2D eigenvalue weighted by atomic mass is 9.93. The standard InChI is InChI=1S/C22H22N2O3/c1-11-7-17(15-8-12(2)23-13(3)9-15)14(4)20-19(11)21(25)18(22(26)27)10-24(20)16-5-6-16/h7-10,16H,5-6H2,1-4H3,(H,26,27). The SMILES string of the molecule is Cc1cc(-c2cc(C)c3c(=O)c(C(=O)O)cn(C4CC4)c3c2C)cc(C)n1. The first-order valence-corrected chi connectivity index (χ1v) is 9.16. The van der Waals surface area contributed by atoms with Gasteiger partial charge in [-0.15, -0.1) is 0 Å². The monoisotopic (exact) mass is 362 g/mol. The van der Waals surface area contributed by atoms with E-state index in [1.807, 2.05) is 50.5 Å². The van der Waals surface area contributed by atoms with Crippen molar-refractivity contribution in [1.29, 1.82) is 0 Å². The lowest BCUT2D eigenvalue weighted by Crippen LogP contribution is -2.20. The van der Waals surface area contributed by atoms with Crippen LogP contribution in [0.4, 0.5) is 0 Å². The smallest absolute Gasteiger partial charge is 0.341 e. The number of aromatic carboxylic acids is 1. The molecule has 0 amide bonds. The number of carbonyl (C=O) groups is 1. The molecule has 27 heavy (non-hydrogen) atoms. The first-order chi connectivity index (χ1) is 12.8. The van der Waals surface area contributed by atoms with Gasteiger partial charge in [0.2, 0.25) is 5.43 Å². The summed E-state index contributed by atoms with van der Waals surface area (Å²) in [6.45, 7) is 7.84. The molecule has 3 aromatic rings. The van der Waals surface area contributed by atoms with Crippen molar-refractivity contribution in [3.05, 3.63) is 62.7 Å². The van der Waals surface area contributed by atoms with Crippen molar-refractivity contribution in [3.63, 3.8) is 0 Å². The van der Waals surface area contributed by atoms with Gasteiger partial charge in [0.25, 0.3) is 0 Å². The van der Waals surface area contributed by atoms with Crippen LogP contribution in [0.25, 0.3) is 22.0 Å². The molecule has 2 aromatic heterocycles. The van der Waals surface area contributed by atoms with Crippen LogP contribution in [0.15, 0.2) is 29.2 Å². The number of aromatic nitrogens is 2. The molecule has 0 atom stereocenters. The Bertz CT molecular complexity index is 1150. The van der Waals surface area contributed by atoms with Gasteiger partial charge in [0.05, 0.1) is 5.52 Å². The fourth-order valence-corrected chi connectivity index (χ4v) is 3.99. The Morgan fingerprint density at radius 3 is 2.30 bits per heavy atom. The van der Waals surface area contributed by atoms with E-state index in [9.17, 15) is 14.7 Å². The molecule has 0 aliphatic heterocycles. The number of benzene rings is 1. The highest BCUT2D eigenvalue weighted by Gasteiger charge is 2.28. The molecule has 5 heteroatoms. The predicted molar refractivity (Wildman–Crippen MR) is 106 cm³/mol. The Hall–Kier alpha value is -2.95. The van der Waals surface area contributed by atoms with Gasteiger partial charge in [0, 0.05) is 29.0 Å². The van der Waals surface area contributed by atoms with Crippen molar-refractivity contribution in [1.82, 2.24) is 9.55 Å². The first-order valence-electron chi connectivity index (χ1n) is 9.16. The highest BCUT2D eigenvalue weighted by Crippen LogP contribution is 2.40. The Morgan fingerprint density at radius 1 is 1.11 bits per heavy atom. The first kappa shape index (κ1) is 17.5. The zero-order valence-electron chi connectivity index (χ0n) is 16.0. The molecule has 4 rings (SSSR count). The molecule has 0 saturated heterocycles. The minimum absolute atomic E-state index is 0.153. The minimum atomic E-state index is -1.17. The van der Waals surface area contributed by atoms with E-state index in [2.05, 4.69) is 4.98 Å². The fraction of sp³-hybridized carbons (Fsp3) is 0.318. The lowest BCUT2D eigenvalue weighted by molar-refractivity contribution is 0.0695. The summed E-state index contributed by atoms with van der Waals surface area (Å²) in [5, 5.41) is 10.0. The van der Waals surface area contributed by atoms with Crippen molar-refractivity contribution >= 4 is 16.9 Å². The maximum atomic E-state index is 12.9. The predicted octanol–water partition coefficient (Wildman–Crippen LogP) is 4.33. The largest absolute Gasteiger partial charge is 0.477 e. The van der Waals surface area contributed by atoms with Crippen molar-refractivity contribution in [3.8, 4) is 11.1 Å². The molecular weight excluding hydrogens is 340 g/mol. The molecule has 2 heterocycles. The van der Waals surface area contributed by atoms with Crippen molar-refractivity contribution in [2.45, 2.75) is 46.6 Å². The van der Waals surface area contributed by atoms with E-state index >= 15 is 0 Å². The topological polar surface area (TPSA) is 72.2 Å². The van der Waals surface area contributed by atoms with Crippen LogP contribution in [0, 0.1) is 27.7 Å². The second kappa shape index (κ2) is 6.05. The molecule has 1 aliphatic rings. The third-order valence-corrected chi connectivity index (χ3v) is 5.31. The molecule has 0 radical (unpaired) electrons. The Balaban J connectivity index is 2.13. The van der Waals surface area contributed by atoms with Gasteiger partial charge in [0.15, 0.2) is 0 Å². The number of hydrogen-bond donors (Lipinski definition) is 1. The zero-order valence-corrected chi connectivity index (χ0v) is 16.0. The number of fused-ring (bicyclic) bond motifs is 1. The van der Waals surface area contributed by atoms with Crippen LogP contribution in [0.3, 0.4) is 0 Å². The number of carboxylic acids is 1. The maximum Gasteiger partial charge on any atom is 0.341 e. The van der Waals surface area contributed by atoms with Crippen LogP contribution in [-0.2, 0) is 0 Å². The highest BCUT2D eigenvalue weighted by molar-refractivity contribution is 5.97. The summed E-state index contributed by atoms with van der Waals surface area (Å²) in [6.07, 6.45) is 3.55. The van der Waals surface area contributed by atoms with Gasteiger partial charge in [0.1, 0.15) is 5.56 Å². The molecule has 1 saturated carbocycles. The summed E-state index contributed by atoms with van der Waals surface area (Å²) in [7, 11) is 0. The number of nitrogens with zero attached hydrogens (tertiary/aromatic N) is 2. The Labute approximate surface area is 157 Å². The summed E-state index contributed by atoms with van der Waals surface area (Å²) in [5.41, 5.74) is 6.14. The third kappa shape index (κ3) is 2.83.